The van der Waals surface area contributed by atoms with Gasteiger partial charge in [0, 0.05) is 5.56 Å². The number of aromatic amines is 1. The summed E-state index contributed by atoms with van der Waals surface area (Å²) in [6.07, 6.45) is 0. The van der Waals surface area contributed by atoms with E-state index in [-0.39, 0.29) is 5.75 Å². The Morgan fingerprint density at radius 2 is 1.85 bits per heavy atom. The number of aromatic hydroxyl groups is 1. The van der Waals surface area contributed by atoms with Crippen LogP contribution in [0.25, 0.3) is 11.3 Å². The predicted octanol–water partition coefficient (Wildman–Crippen LogP) is 2.94. The van der Waals surface area contributed by atoms with Crippen LogP contribution in [0.2, 0.25) is 0 Å². The molecule has 3 N–H and O–H groups in total. The van der Waals surface area contributed by atoms with Crippen LogP contribution in [-0.4, -0.2) is 34.0 Å². The first-order valence-corrected chi connectivity index (χ1v) is 7.90. The van der Waals surface area contributed by atoms with E-state index in [9.17, 15) is 9.90 Å². The van der Waals surface area contributed by atoms with Crippen molar-refractivity contribution in [3.8, 4) is 22.8 Å². The summed E-state index contributed by atoms with van der Waals surface area (Å²) < 4.78 is 5.12. The van der Waals surface area contributed by atoms with Gasteiger partial charge in [0.2, 0.25) is 0 Å². The Bertz CT molecular complexity index is 928. The molecule has 7 heteroatoms. The van der Waals surface area contributed by atoms with Gasteiger partial charge in [-0.15, -0.1) is 0 Å². The van der Waals surface area contributed by atoms with Gasteiger partial charge in [0.05, 0.1) is 18.5 Å². The van der Waals surface area contributed by atoms with E-state index in [0.717, 1.165) is 16.9 Å². The van der Waals surface area contributed by atoms with E-state index in [0.29, 0.717) is 17.1 Å². The molecule has 1 aromatic heterocycles. The van der Waals surface area contributed by atoms with Gasteiger partial charge < -0.3 is 9.84 Å². The lowest BCUT2D eigenvalue weighted by Crippen LogP contribution is -2.19. The Morgan fingerprint density at radius 1 is 1.15 bits per heavy atom. The van der Waals surface area contributed by atoms with Gasteiger partial charge in [-0.3, -0.25) is 9.89 Å². The van der Waals surface area contributed by atoms with Crippen LogP contribution in [0.3, 0.4) is 0 Å². The van der Waals surface area contributed by atoms with Crippen molar-refractivity contribution in [2.24, 2.45) is 5.10 Å². The van der Waals surface area contributed by atoms with Crippen molar-refractivity contribution in [1.29, 1.82) is 0 Å². The topological polar surface area (TPSA) is 99.6 Å². The molecule has 3 rings (SSSR count). The zero-order valence-corrected chi connectivity index (χ0v) is 14.4. The Morgan fingerprint density at radius 3 is 2.50 bits per heavy atom. The van der Waals surface area contributed by atoms with Gasteiger partial charge in [0.15, 0.2) is 0 Å². The molecule has 0 fully saturated rings. The van der Waals surface area contributed by atoms with E-state index in [2.05, 4.69) is 20.7 Å². The monoisotopic (exact) mass is 350 g/mol. The van der Waals surface area contributed by atoms with Crippen LogP contribution >= 0.6 is 0 Å². The second-order valence-electron chi connectivity index (χ2n) is 5.58. The fourth-order valence-corrected chi connectivity index (χ4v) is 2.31. The van der Waals surface area contributed by atoms with Crippen molar-refractivity contribution in [2.75, 3.05) is 7.11 Å². The van der Waals surface area contributed by atoms with Gasteiger partial charge in [-0.2, -0.15) is 10.2 Å². The van der Waals surface area contributed by atoms with Gasteiger partial charge in [-0.25, -0.2) is 5.43 Å². The molecule has 132 valence electrons. The second kappa shape index (κ2) is 7.52. The van der Waals surface area contributed by atoms with E-state index in [1.807, 2.05) is 24.3 Å². The van der Waals surface area contributed by atoms with Crippen LogP contribution in [0.15, 0.2) is 59.7 Å². The molecular formula is C19H18N4O3. The van der Waals surface area contributed by atoms with Gasteiger partial charge in [-0.05, 0) is 67.1 Å². The quantitative estimate of drug-likeness (QED) is 0.486. The number of methoxy groups -OCH3 is 1. The number of amides is 1. The summed E-state index contributed by atoms with van der Waals surface area (Å²) >= 11 is 0. The summed E-state index contributed by atoms with van der Waals surface area (Å²) in [5, 5.41) is 20.2. The van der Waals surface area contributed by atoms with E-state index >= 15 is 0 Å². The molecule has 1 heterocycles. The van der Waals surface area contributed by atoms with Crippen LogP contribution in [0.5, 0.6) is 11.5 Å². The zero-order valence-electron chi connectivity index (χ0n) is 14.4. The summed E-state index contributed by atoms with van der Waals surface area (Å²) in [6.45, 7) is 1.77. The first-order valence-electron chi connectivity index (χ1n) is 7.90. The molecule has 0 aliphatic carbocycles. The van der Waals surface area contributed by atoms with Crippen molar-refractivity contribution in [3.05, 3.63) is 65.9 Å². The number of nitrogens with one attached hydrogen (secondary N) is 2. The highest BCUT2D eigenvalue weighted by molar-refractivity contribution is 6.00. The molecule has 2 aromatic carbocycles. The Labute approximate surface area is 150 Å². The number of aromatic nitrogens is 2. The molecular weight excluding hydrogens is 332 g/mol. The lowest BCUT2D eigenvalue weighted by Gasteiger charge is -2.02. The van der Waals surface area contributed by atoms with Crippen molar-refractivity contribution in [2.45, 2.75) is 6.92 Å². The minimum atomic E-state index is -0.393. The minimum absolute atomic E-state index is 0.175. The molecule has 0 unspecified atom stereocenters. The molecule has 0 spiro atoms. The number of carbonyl (C=O) groups excluding carboxylic acids is 1. The van der Waals surface area contributed by atoms with E-state index in [1.54, 1.807) is 44.4 Å². The van der Waals surface area contributed by atoms with Crippen LogP contribution in [-0.2, 0) is 0 Å². The molecule has 0 radical (unpaired) electrons. The van der Waals surface area contributed by atoms with Gasteiger partial charge in [-0.1, -0.05) is 0 Å². The van der Waals surface area contributed by atoms with Crippen molar-refractivity contribution in [1.82, 2.24) is 15.6 Å². The fourth-order valence-electron chi connectivity index (χ4n) is 2.31. The van der Waals surface area contributed by atoms with E-state index < -0.39 is 5.91 Å². The van der Waals surface area contributed by atoms with Gasteiger partial charge in [0.1, 0.15) is 17.2 Å². The Hall–Kier alpha value is -3.61. The van der Waals surface area contributed by atoms with Crippen LogP contribution in [0, 0.1) is 0 Å². The number of benzene rings is 2. The maximum absolute atomic E-state index is 12.2. The van der Waals surface area contributed by atoms with Crippen molar-refractivity contribution >= 4 is 11.6 Å². The summed E-state index contributed by atoms with van der Waals surface area (Å²) in [5.74, 6) is 0.533. The van der Waals surface area contributed by atoms with Crippen molar-refractivity contribution < 1.29 is 14.6 Å². The number of H-pyrrole nitrogens is 1. The number of hydrogen-bond donors (Lipinski definition) is 3. The molecule has 0 bridgehead atoms. The largest absolute Gasteiger partial charge is 0.508 e. The molecule has 0 aliphatic heterocycles. The van der Waals surface area contributed by atoms with Gasteiger partial charge >= 0.3 is 0 Å². The molecule has 0 saturated heterocycles. The number of phenolic OH excluding ortho intramolecular Hbond substituents is 1. The minimum Gasteiger partial charge on any atom is -0.508 e. The lowest BCUT2D eigenvalue weighted by atomic mass is 10.1. The number of carbonyl (C=O) groups is 1. The van der Waals surface area contributed by atoms with Crippen LogP contribution in [0.1, 0.15) is 23.0 Å². The highest BCUT2D eigenvalue weighted by Crippen LogP contribution is 2.21. The SMILES string of the molecule is COc1ccc(-c2cc(C(=O)N/N=C(\C)c3ccc(O)cc3)[nH]n2)cc1. The van der Waals surface area contributed by atoms with E-state index in [1.165, 1.54) is 0 Å². The number of hydrazone groups is 1. The predicted molar refractivity (Wildman–Crippen MR) is 98.4 cm³/mol. The number of phenols is 1. The van der Waals surface area contributed by atoms with Crippen molar-refractivity contribution in [3.63, 3.8) is 0 Å². The van der Waals surface area contributed by atoms with Gasteiger partial charge in [0.25, 0.3) is 5.91 Å². The maximum Gasteiger partial charge on any atom is 0.289 e. The standard InChI is InChI=1S/C19H18N4O3/c1-12(13-3-7-15(24)8-4-13)20-23-19(25)18-11-17(21-22-18)14-5-9-16(26-2)10-6-14/h3-11,24H,1-2H3,(H,21,22)(H,23,25)/b20-12+. The normalized spacial score (nSPS) is 11.2. The Kier molecular flexibility index (Phi) is 4.98. The van der Waals surface area contributed by atoms with Crippen LogP contribution < -0.4 is 10.2 Å². The highest BCUT2D eigenvalue weighted by atomic mass is 16.5. The number of rotatable bonds is 5. The first-order chi connectivity index (χ1) is 12.6. The maximum atomic E-state index is 12.2. The average molecular weight is 350 g/mol. The molecule has 0 saturated carbocycles. The fraction of sp³-hybridized carbons (Fsp3) is 0.105. The second-order valence-corrected chi connectivity index (χ2v) is 5.58. The number of ether oxygens (including phenoxy) is 1. The average Bonchev–Trinajstić information content (AvgIpc) is 3.17. The van der Waals surface area contributed by atoms with E-state index in [4.69, 9.17) is 4.74 Å². The number of nitrogens with zero attached hydrogens (tertiary/aromatic N) is 2. The number of hydrogen-bond acceptors (Lipinski definition) is 5. The highest BCUT2D eigenvalue weighted by Gasteiger charge is 2.11. The van der Waals surface area contributed by atoms with Crippen LogP contribution in [0.4, 0.5) is 0 Å². The Balaban J connectivity index is 1.69. The molecule has 0 atom stereocenters. The summed E-state index contributed by atoms with van der Waals surface area (Å²) in [5.41, 5.74) is 5.73. The molecule has 3 aromatic rings. The third kappa shape index (κ3) is 3.89. The third-order valence-electron chi connectivity index (χ3n) is 3.82. The molecule has 26 heavy (non-hydrogen) atoms. The lowest BCUT2D eigenvalue weighted by molar-refractivity contribution is 0.0950. The zero-order chi connectivity index (χ0) is 18.5. The molecule has 1 amide bonds. The molecule has 7 nitrogen and oxygen atoms in total. The summed E-state index contributed by atoms with van der Waals surface area (Å²) in [4.78, 5) is 12.2. The third-order valence-corrected chi connectivity index (χ3v) is 3.82. The smallest absolute Gasteiger partial charge is 0.289 e. The summed E-state index contributed by atoms with van der Waals surface area (Å²) in [7, 11) is 1.60. The molecule has 0 aliphatic rings. The first kappa shape index (κ1) is 17.2. The summed E-state index contributed by atoms with van der Waals surface area (Å²) in [6, 6.07) is 15.6.